The van der Waals surface area contributed by atoms with Gasteiger partial charge in [-0.25, -0.2) is 0 Å². The minimum Gasteiger partial charge on any atom is -0.454 e. The fourth-order valence-electron chi connectivity index (χ4n) is 4.40. The molecule has 0 N–H and O–H groups in total. The molecule has 1 aromatic rings. The number of fused-ring (bicyclic) bond motifs is 1. The van der Waals surface area contributed by atoms with Crippen LogP contribution >= 0.6 is 0 Å². The summed E-state index contributed by atoms with van der Waals surface area (Å²) in [6.45, 7) is 11.4. The molecule has 6 nitrogen and oxygen atoms in total. The lowest BCUT2D eigenvalue weighted by atomic mass is 10.0. The first-order valence-electron chi connectivity index (χ1n) is 10.2. The summed E-state index contributed by atoms with van der Waals surface area (Å²) in [7, 11) is 0. The predicted octanol–water partition coefficient (Wildman–Crippen LogP) is 2.18. The van der Waals surface area contributed by atoms with Gasteiger partial charge in [-0.15, -0.1) is 0 Å². The van der Waals surface area contributed by atoms with E-state index in [4.69, 9.17) is 9.47 Å². The van der Waals surface area contributed by atoms with Gasteiger partial charge in [0.05, 0.1) is 0 Å². The molecular formula is C21H31N3O3. The van der Waals surface area contributed by atoms with Crippen LogP contribution in [0.1, 0.15) is 32.3 Å². The fraction of sp³-hybridized carbons (Fsp3) is 0.667. The van der Waals surface area contributed by atoms with Crippen molar-refractivity contribution in [3.05, 3.63) is 23.8 Å². The molecule has 27 heavy (non-hydrogen) atoms. The molecule has 0 spiro atoms. The number of piperidine rings is 1. The van der Waals surface area contributed by atoms with E-state index >= 15 is 0 Å². The third-order valence-corrected chi connectivity index (χ3v) is 5.97. The first kappa shape index (κ1) is 18.6. The van der Waals surface area contributed by atoms with Crippen molar-refractivity contribution in [2.75, 3.05) is 46.1 Å². The van der Waals surface area contributed by atoms with Gasteiger partial charge in [0.2, 0.25) is 12.7 Å². The quantitative estimate of drug-likeness (QED) is 0.810. The molecule has 0 unspecified atom stereocenters. The smallest absolute Gasteiger partial charge is 0.231 e. The summed E-state index contributed by atoms with van der Waals surface area (Å²) < 4.78 is 10.9. The van der Waals surface area contributed by atoms with Crippen LogP contribution in [0.2, 0.25) is 0 Å². The minimum atomic E-state index is 0.0993. The lowest BCUT2D eigenvalue weighted by Gasteiger charge is -2.43. The number of hydrogen-bond donors (Lipinski definition) is 0. The Labute approximate surface area is 162 Å². The summed E-state index contributed by atoms with van der Waals surface area (Å²) in [6.07, 6.45) is 2.34. The van der Waals surface area contributed by atoms with Crippen LogP contribution in [0, 0.1) is 5.92 Å². The molecule has 2 fully saturated rings. The monoisotopic (exact) mass is 373 g/mol. The molecule has 3 aliphatic rings. The topological polar surface area (TPSA) is 45.3 Å². The number of amides is 1. The Morgan fingerprint density at radius 3 is 2.67 bits per heavy atom. The van der Waals surface area contributed by atoms with Crippen LogP contribution < -0.4 is 9.47 Å². The molecule has 0 aromatic heterocycles. The Morgan fingerprint density at radius 1 is 1.11 bits per heavy atom. The minimum absolute atomic E-state index is 0.0993. The lowest BCUT2D eigenvalue weighted by molar-refractivity contribution is -0.136. The summed E-state index contributed by atoms with van der Waals surface area (Å²) >= 11 is 0. The van der Waals surface area contributed by atoms with Crippen molar-refractivity contribution in [2.45, 2.75) is 39.3 Å². The molecule has 6 heteroatoms. The molecule has 1 atom stereocenters. The zero-order valence-electron chi connectivity index (χ0n) is 16.5. The highest BCUT2D eigenvalue weighted by molar-refractivity contribution is 5.78. The van der Waals surface area contributed by atoms with Crippen molar-refractivity contribution < 1.29 is 14.3 Å². The van der Waals surface area contributed by atoms with E-state index in [9.17, 15) is 4.79 Å². The highest BCUT2D eigenvalue weighted by atomic mass is 16.7. The van der Waals surface area contributed by atoms with Crippen molar-refractivity contribution in [3.8, 4) is 11.5 Å². The maximum absolute atomic E-state index is 12.3. The van der Waals surface area contributed by atoms with Gasteiger partial charge in [-0.2, -0.15) is 0 Å². The highest BCUT2D eigenvalue weighted by Crippen LogP contribution is 2.33. The number of hydrogen-bond acceptors (Lipinski definition) is 5. The van der Waals surface area contributed by atoms with Gasteiger partial charge < -0.3 is 14.4 Å². The molecule has 1 amide bonds. The molecule has 0 bridgehead atoms. The Kier molecular flexibility index (Phi) is 5.55. The number of rotatable bonds is 4. The Balaban J connectivity index is 1.28. The summed E-state index contributed by atoms with van der Waals surface area (Å²) in [5, 5.41) is 0. The van der Waals surface area contributed by atoms with Crippen LogP contribution in [0.5, 0.6) is 11.5 Å². The largest absolute Gasteiger partial charge is 0.454 e. The van der Waals surface area contributed by atoms with Gasteiger partial charge in [-0.1, -0.05) is 19.9 Å². The van der Waals surface area contributed by atoms with Gasteiger partial charge in [-0.3, -0.25) is 14.6 Å². The maximum Gasteiger partial charge on any atom is 0.231 e. The third kappa shape index (κ3) is 4.22. The zero-order chi connectivity index (χ0) is 18.8. The van der Waals surface area contributed by atoms with Crippen molar-refractivity contribution in [2.24, 2.45) is 5.92 Å². The SMILES string of the molecule is CC(C)C(=O)N1CCC[C@@H](N2CCN(Cc3ccc4c(c3)OCO4)CC2)C1. The molecule has 0 saturated carbocycles. The average molecular weight is 373 g/mol. The summed E-state index contributed by atoms with van der Waals surface area (Å²) in [6, 6.07) is 6.77. The summed E-state index contributed by atoms with van der Waals surface area (Å²) in [5.74, 6) is 2.12. The second-order valence-electron chi connectivity index (χ2n) is 8.23. The number of carbonyl (C=O) groups is 1. The maximum atomic E-state index is 12.3. The van der Waals surface area contributed by atoms with E-state index in [0.717, 1.165) is 63.7 Å². The second-order valence-corrected chi connectivity index (χ2v) is 8.23. The molecule has 4 rings (SSSR count). The highest BCUT2D eigenvalue weighted by Gasteiger charge is 2.30. The Bertz CT molecular complexity index is 671. The normalized spacial score (nSPS) is 23.8. The van der Waals surface area contributed by atoms with E-state index in [2.05, 4.69) is 26.8 Å². The van der Waals surface area contributed by atoms with Gasteiger partial charge in [0.1, 0.15) is 0 Å². The van der Waals surface area contributed by atoms with Gasteiger partial charge in [-0.05, 0) is 30.5 Å². The predicted molar refractivity (Wildman–Crippen MR) is 104 cm³/mol. The van der Waals surface area contributed by atoms with E-state index in [0.29, 0.717) is 18.7 Å². The number of benzene rings is 1. The van der Waals surface area contributed by atoms with Gasteiger partial charge in [0.15, 0.2) is 11.5 Å². The van der Waals surface area contributed by atoms with Crippen LogP contribution in [-0.2, 0) is 11.3 Å². The van der Waals surface area contributed by atoms with E-state index in [1.807, 2.05) is 19.9 Å². The van der Waals surface area contributed by atoms with Crippen LogP contribution in [0.3, 0.4) is 0 Å². The van der Waals surface area contributed by atoms with E-state index in [1.165, 1.54) is 12.0 Å². The molecular weight excluding hydrogens is 342 g/mol. The Morgan fingerprint density at radius 2 is 1.89 bits per heavy atom. The van der Waals surface area contributed by atoms with E-state index < -0.39 is 0 Å². The molecule has 3 heterocycles. The van der Waals surface area contributed by atoms with Crippen molar-refractivity contribution in [3.63, 3.8) is 0 Å². The number of carbonyl (C=O) groups excluding carboxylic acids is 1. The third-order valence-electron chi connectivity index (χ3n) is 5.97. The van der Waals surface area contributed by atoms with Crippen molar-refractivity contribution in [1.82, 2.24) is 14.7 Å². The molecule has 148 valence electrons. The van der Waals surface area contributed by atoms with Gasteiger partial charge >= 0.3 is 0 Å². The molecule has 2 saturated heterocycles. The van der Waals surface area contributed by atoms with Crippen LogP contribution in [0.4, 0.5) is 0 Å². The van der Waals surface area contributed by atoms with Gasteiger partial charge in [0, 0.05) is 57.8 Å². The zero-order valence-corrected chi connectivity index (χ0v) is 16.5. The van der Waals surface area contributed by atoms with Crippen molar-refractivity contribution >= 4 is 5.91 Å². The summed E-state index contributed by atoms with van der Waals surface area (Å²) in [5.41, 5.74) is 1.28. The second kappa shape index (κ2) is 8.07. The standard InChI is InChI=1S/C21H31N3O3/c1-16(2)21(25)24-7-3-4-18(14-24)23-10-8-22(9-11-23)13-17-5-6-19-20(12-17)27-15-26-19/h5-6,12,16,18H,3-4,7-11,13-15H2,1-2H3/t18-/m1/s1. The van der Waals surface area contributed by atoms with Crippen LogP contribution in [0.25, 0.3) is 0 Å². The van der Waals surface area contributed by atoms with Crippen LogP contribution in [-0.4, -0.2) is 72.7 Å². The molecule has 0 radical (unpaired) electrons. The fourth-order valence-corrected chi connectivity index (χ4v) is 4.40. The van der Waals surface area contributed by atoms with Crippen LogP contribution in [0.15, 0.2) is 18.2 Å². The van der Waals surface area contributed by atoms with Gasteiger partial charge in [0.25, 0.3) is 0 Å². The average Bonchev–Trinajstić information content (AvgIpc) is 3.16. The number of ether oxygens (including phenoxy) is 2. The van der Waals surface area contributed by atoms with Crippen molar-refractivity contribution in [1.29, 1.82) is 0 Å². The Hall–Kier alpha value is -1.79. The van der Waals surface area contributed by atoms with E-state index in [1.54, 1.807) is 0 Å². The number of piperazine rings is 1. The summed E-state index contributed by atoms with van der Waals surface area (Å²) in [4.78, 5) is 19.5. The first-order valence-corrected chi connectivity index (χ1v) is 10.2. The number of likely N-dealkylation sites (tertiary alicyclic amines) is 1. The molecule has 1 aromatic carbocycles. The molecule has 0 aliphatic carbocycles. The number of nitrogens with zero attached hydrogens (tertiary/aromatic N) is 3. The lowest BCUT2D eigenvalue weighted by Crippen LogP contribution is -2.56. The molecule has 3 aliphatic heterocycles. The van der Waals surface area contributed by atoms with E-state index in [-0.39, 0.29) is 5.92 Å². The first-order chi connectivity index (χ1) is 13.1.